The van der Waals surface area contributed by atoms with Crippen LogP contribution in [0.1, 0.15) is 38.7 Å². The molecule has 0 unspecified atom stereocenters. The molecule has 2 aromatic rings. The van der Waals surface area contributed by atoms with Gasteiger partial charge in [0, 0.05) is 31.2 Å². The summed E-state index contributed by atoms with van der Waals surface area (Å²) in [6, 6.07) is 7.21. The summed E-state index contributed by atoms with van der Waals surface area (Å²) in [5.41, 5.74) is 1.53. The van der Waals surface area contributed by atoms with Gasteiger partial charge in [0.2, 0.25) is 5.91 Å². The number of pyridine rings is 1. The molecule has 5 nitrogen and oxygen atoms in total. The summed E-state index contributed by atoms with van der Waals surface area (Å²) >= 11 is 0. The average molecular weight is 342 g/mol. The van der Waals surface area contributed by atoms with Crippen molar-refractivity contribution in [2.24, 2.45) is 11.8 Å². The van der Waals surface area contributed by atoms with Crippen molar-refractivity contribution in [1.29, 1.82) is 0 Å². The van der Waals surface area contributed by atoms with Crippen LogP contribution in [0.15, 0.2) is 30.5 Å². The number of hydrogen-bond acceptors (Lipinski definition) is 4. The van der Waals surface area contributed by atoms with Crippen LogP contribution in [0, 0.1) is 11.8 Å². The van der Waals surface area contributed by atoms with E-state index >= 15 is 0 Å². The number of benzene rings is 1. The second kappa shape index (κ2) is 7.83. The molecule has 134 valence electrons. The number of aromatic hydroxyl groups is 1. The van der Waals surface area contributed by atoms with Crippen LogP contribution < -0.4 is 5.32 Å². The molecule has 0 saturated carbocycles. The molecule has 1 amide bonds. The number of nitrogens with zero attached hydrogens (tertiary/aromatic N) is 1. The summed E-state index contributed by atoms with van der Waals surface area (Å²) in [6.45, 7) is 5.52. The second-order valence-corrected chi connectivity index (χ2v) is 7.17. The number of nitrogens with one attached hydrogen (secondary N) is 1. The van der Waals surface area contributed by atoms with E-state index < -0.39 is 0 Å². The number of phenolic OH excluding ortho intramolecular Hbond substituents is 1. The van der Waals surface area contributed by atoms with E-state index in [-0.39, 0.29) is 17.8 Å². The molecule has 2 N–H and O–H groups in total. The quantitative estimate of drug-likeness (QED) is 0.873. The number of phenols is 1. The molecule has 25 heavy (non-hydrogen) atoms. The minimum Gasteiger partial charge on any atom is -0.506 e. The predicted octanol–water partition coefficient (Wildman–Crippen LogP) is 3.40. The number of aromatic nitrogens is 1. The zero-order valence-electron chi connectivity index (χ0n) is 14.9. The molecule has 0 spiro atoms. The minimum absolute atomic E-state index is 0.0690. The third-order valence-electron chi connectivity index (χ3n) is 4.96. The monoisotopic (exact) mass is 342 g/mol. The van der Waals surface area contributed by atoms with E-state index in [0.29, 0.717) is 30.3 Å². The Hall–Kier alpha value is -2.14. The molecule has 1 fully saturated rings. The van der Waals surface area contributed by atoms with Gasteiger partial charge in [-0.25, -0.2) is 0 Å². The second-order valence-electron chi connectivity index (χ2n) is 7.17. The van der Waals surface area contributed by atoms with Gasteiger partial charge in [-0.2, -0.15) is 0 Å². The van der Waals surface area contributed by atoms with Gasteiger partial charge in [0.05, 0.1) is 6.10 Å². The van der Waals surface area contributed by atoms with Crippen molar-refractivity contribution in [3.05, 3.63) is 36.0 Å². The van der Waals surface area contributed by atoms with E-state index in [9.17, 15) is 9.90 Å². The fraction of sp³-hybridized carbons (Fsp3) is 0.500. The van der Waals surface area contributed by atoms with Gasteiger partial charge in [-0.15, -0.1) is 0 Å². The summed E-state index contributed by atoms with van der Waals surface area (Å²) in [5.74, 6) is 1.10. The van der Waals surface area contributed by atoms with Crippen molar-refractivity contribution in [3.8, 4) is 5.75 Å². The number of rotatable bonds is 5. The fourth-order valence-corrected chi connectivity index (χ4v) is 3.45. The molecule has 1 aliphatic rings. The van der Waals surface area contributed by atoms with Crippen molar-refractivity contribution in [2.75, 3.05) is 6.61 Å². The molecule has 1 aliphatic heterocycles. The highest BCUT2D eigenvalue weighted by Crippen LogP contribution is 2.28. The fourth-order valence-electron chi connectivity index (χ4n) is 3.45. The average Bonchev–Trinajstić information content (AvgIpc) is 2.61. The molecule has 0 bridgehead atoms. The van der Waals surface area contributed by atoms with E-state index in [1.165, 1.54) is 0 Å². The highest BCUT2D eigenvalue weighted by atomic mass is 16.5. The van der Waals surface area contributed by atoms with Crippen LogP contribution in [0.4, 0.5) is 0 Å². The van der Waals surface area contributed by atoms with Gasteiger partial charge in [0.25, 0.3) is 0 Å². The Bertz CT molecular complexity index is 745. The number of amides is 1. The molecule has 2 atom stereocenters. The van der Waals surface area contributed by atoms with Gasteiger partial charge in [-0.3, -0.25) is 9.78 Å². The third-order valence-corrected chi connectivity index (χ3v) is 4.96. The minimum atomic E-state index is 0.0690. The zero-order chi connectivity index (χ0) is 17.8. The Balaban J connectivity index is 1.59. The van der Waals surface area contributed by atoms with Crippen LogP contribution >= 0.6 is 0 Å². The first-order valence-corrected chi connectivity index (χ1v) is 8.98. The highest BCUT2D eigenvalue weighted by Gasteiger charge is 2.26. The van der Waals surface area contributed by atoms with Crippen LogP contribution in [0.5, 0.6) is 5.75 Å². The predicted molar refractivity (Wildman–Crippen MR) is 97.2 cm³/mol. The topological polar surface area (TPSA) is 71.5 Å². The first-order valence-electron chi connectivity index (χ1n) is 8.98. The Morgan fingerprint density at radius 3 is 3.04 bits per heavy atom. The standard InChI is InChI=1S/C20H26N2O3/c1-13(2)18-10-14(7-9-25-18)11-19(24)22-12-15-5-6-17(23)20-16(15)4-3-8-21-20/h3-6,8,13-14,18,23H,7,9-12H2,1-2H3,(H,22,24)/t14-,18-/m0/s1. The molecule has 1 aromatic heterocycles. The molecule has 5 heteroatoms. The van der Waals surface area contributed by atoms with Crippen molar-refractivity contribution >= 4 is 16.8 Å². The Kier molecular flexibility index (Phi) is 5.53. The largest absolute Gasteiger partial charge is 0.506 e. The zero-order valence-corrected chi connectivity index (χ0v) is 14.9. The van der Waals surface area contributed by atoms with Crippen molar-refractivity contribution in [1.82, 2.24) is 10.3 Å². The molecule has 1 aromatic carbocycles. The number of hydrogen-bond donors (Lipinski definition) is 2. The van der Waals surface area contributed by atoms with E-state index in [0.717, 1.165) is 30.4 Å². The third kappa shape index (κ3) is 4.28. The number of fused-ring (bicyclic) bond motifs is 1. The number of carbonyl (C=O) groups is 1. The number of carbonyl (C=O) groups excluding carboxylic acids is 1. The van der Waals surface area contributed by atoms with Crippen LogP contribution in [0.2, 0.25) is 0 Å². The Labute approximate surface area is 148 Å². The molecular weight excluding hydrogens is 316 g/mol. The summed E-state index contributed by atoms with van der Waals surface area (Å²) in [7, 11) is 0. The molecule has 2 heterocycles. The lowest BCUT2D eigenvalue weighted by molar-refractivity contribution is -0.123. The van der Waals surface area contributed by atoms with Crippen molar-refractivity contribution in [3.63, 3.8) is 0 Å². The van der Waals surface area contributed by atoms with Gasteiger partial charge in [-0.1, -0.05) is 26.0 Å². The lowest BCUT2D eigenvalue weighted by Crippen LogP contribution is -2.33. The maximum Gasteiger partial charge on any atom is 0.220 e. The van der Waals surface area contributed by atoms with Crippen molar-refractivity contribution in [2.45, 2.75) is 45.8 Å². The Morgan fingerprint density at radius 2 is 2.24 bits per heavy atom. The first kappa shape index (κ1) is 17.7. The molecular formula is C20H26N2O3. The SMILES string of the molecule is CC(C)[C@@H]1C[C@@H](CC(=O)NCc2ccc(O)c3ncccc23)CCO1. The van der Waals surface area contributed by atoms with Gasteiger partial charge in [0.1, 0.15) is 11.3 Å². The van der Waals surface area contributed by atoms with Gasteiger partial charge in [-0.05, 0) is 42.4 Å². The Morgan fingerprint density at radius 1 is 1.40 bits per heavy atom. The summed E-state index contributed by atoms with van der Waals surface area (Å²) in [4.78, 5) is 16.6. The van der Waals surface area contributed by atoms with E-state index in [4.69, 9.17) is 4.74 Å². The van der Waals surface area contributed by atoms with Gasteiger partial charge < -0.3 is 15.2 Å². The van der Waals surface area contributed by atoms with Crippen LogP contribution in [-0.2, 0) is 16.1 Å². The van der Waals surface area contributed by atoms with E-state index in [1.54, 1.807) is 12.3 Å². The normalized spacial score (nSPS) is 20.8. The first-order chi connectivity index (χ1) is 12.0. The van der Waals surface area contributed by atoms with Crippen molar-refractivity contribution < 1.29 is 14.6 Å². The summed E-state index contributed by atoms with van der Waals surface area (Å²) in [6.07, 6.45) is 4.36. The molecule has 3 rings (SSSR count). The maximum atomic E-state index is 12.3. The molecule has 0 aliphatic carbocycles. The van der Waals surface area contributed by atoms with Crippen LogP contribution in [0.25, 0.3) is 10.9 Å². The van der Waals surface area contributed by atoms with Gasteiger partial charge >= 0.3 is 0 Å². The molecule has 1 saturated heterocycles. The van der Waals surface area contributed by atoms with E-state index in [2.05, 4.69) is 24.1 Å². The van der Waals surface area contributed by atoms with Gasteiger partial charge in [0.15, 0.2) is 0 Å². The smallest absolute Gasteiger partial charge is 0.220 e. The van der Waals surface area contributed by atoms with E-state index in [1.807, 2.05) is 18.2 Å². The lowest BCUT2D eigenvalue weighted by atomic mass is 9.88. The summed E-state index contributed by atoms with van der Waals surface area (Å²) < 4.78 is 5.78. The number of ether oxygens (including phenoxy) is 1. The molecule has 0 radical (unpaired) electrons. The highest BCUT2D eigenvalue weighted by molar-refractivity contribution is 5.87. The maximum absolute atomic E-state index is 12.3. The van der Waals surface area contributed by atoms with Crippen LogP contribution in [0.3, 0.4) is 0 Å². The lowest BCUT2D eigenvalue weighted by Gasteiger charge is -2.31. The summed E-state index contributed by atoms with van der Waals surface area (Å²) in [5, 5.41) is 13.8. The van der Waals surface area contributed by atoms with Crippen LogP contribution in [-0.4, -0.2) is 28.7 Å².